The van der Waals surface area contributed by atoms with Crippen molar-refractivity contribution < 1.29 is 23.9 Å². The second-order valence-corrected chi connectivity index (χ2v) is 6.36. The molecule has 0 unspecified atom stereocenters. The van der Waals surface area contributed by atoms with E-state index in [1.54, 1.807) is 31.2 Å². The van der Waals surface area contributed by atoms with Gasteiger partial charge in [0.05, 0.1) is 6.04 Å². The van der Waals surface area contributed by atoms with Crippen LogP contribution in [0.2, 0.25) is 0 Å². The number of rotatable bonds is 10. The number of amides is 1. The molecule has 2 atom stereocenters. The SMILES string of the molecule is CC[C@H](Oc1ccccc1)C(=O)OCC(=O)N[C@@H](Cc1ccccc1)C(C)=O. The van der Waals surface area contributed by atoms with Crippen LogP contribution >= 0.6 is 0 Å². The Morgan fingerprint density at radius 2 is 1.57 bits per heavy atom. The summed E-state index contributed by atoms with van der Waals surface area (Å²) in [5, 5.41) is 2.62. The Balaban J connectivity index is 1.85. The van der Waals surface area contributed by atoms with Crippen LogP contribution in [0.1, 0.15) is 25.8 Å². The summed E-state index contributed by atoms with van der Waals surface area (Å²) < 4.78 is 10.7. The molecule has 6 heteroatoms. The van der Waals surface area contributed by atoms with E-state index in [1.807, 2.05) is 36.4 Å². The maximum absolute atomic E-state index is 12.2. The minimum absolute atomic E-state index is 0.164. The molecule has 0 aliphatic rings. The fourth-order valence-electron chi connectivity index (χ4n) is 2.57. The first-order valence-electron chi connectivity index (χ1n) is 9.21. The predicted molar refractivity (Wildman–Crippen MR) is 105 cm³/mol. The van der Waals surface area contributed by atoms with Gasteiger partial charge in [0.2, 0.25) is 0 Å². The second-order valence-electron chi connectivity index (χ2n) is 6.36. The molecule has 148 valence electrons. The Labute approximate surface area is 164 Å². The van der Waals surface area contributed by atoms with Crippen molar-refractivity contribution in [3.63, 3.8) is 0 Å². The van der Waals surface area contributed by atoms with Gasteiger partial charge in [-0.05, 0) is 37.5 Å². The fraction of sp³-hybridized carbons (Fsp3) is 0.318. The molecule has 0 spiro atoms. The number of hydrogen-bond acceptors (Lipinski definition) is 5. The highest BCUT2D eigenvalue weighted by Gasteiger charge is 2.23. The van der Waals surface area contributed by atoms with Crippen LogP contribution in [0.15, 0.2) is 60.7 Å². The number of nitrogens with one attached hydrogen (secondary N) is 1. The van der Waals surface area contributed by atoms with Gasteiger partial charge in [-0.1, -0.05) is 55.5 Å². The quantitative estimate of drug-likeness (QED) is 0.638. The largest absolute Gasteiger partial charge is 0.479 e. The normalized spacial score (nSPS) is 12.5. The van der Waals surface area contributed by atoms with Crippen LogP contribution in [0.25, 0.3) is 0 Å². The first kappa shape index (κ1) is 21.2. The Bertz CT molecular complexity index is 776. The van der Waals surface area contributed by atoms with E-state index >= 15 is 0 Å². The summed E-state index contributed by atoms with van der Waals surface area (Å²) in [7, 11) is 0. The van der Waals surface area contributed by atoms with Gasteiger partial charge in [-0.2, -0.15) is 0 Å². The third-order valence-electron chi connectivity index (χ3n) is 4.11. The molecule has 1 amide bonds. The number of ether oxygens (including phenoxy) is 2. The third-order valence-corrected chi connectivity index (χ3v) is 4.11. The number of Topliss-reactive ketones (excluding diaryl/α,β-unsaturated/α-hetero) is 1. The second kappa shape index (κ2) is 10.9. The first-order valence-corrected chi connectivity index (χ1v) is 9.21. The fourth-order valence-corrected chi connectivity index (χ4v) is 2.57. The number of carbonyl (C=O) groups excluding carboxylic acids is 3. The number of benzene rings is 2. The van der Waals surface area contributed by atoms with E-state index in [0.717, 1.165) is 5.56 Å². The minimum atomic E-state index is -0.803. The highest BCUT2D eigenvalue weighted by Crippen LogP contribution is 2.13. The summed E-state index contributed by atoms with van der Waals surface area (Å²) in [4.78, 5) is 36.2. The van der Waals surface area contributed by atoms with E-state index in [-0.39, 0.29) is 5.78 Å². The highest BCUT2D eigenvalue weighted by atomic mass is 16.6. The van der Waals surface area contributed by atoms with Crippen molar-refractivity contribution in [2.45, 2.75) is 38.8 Å². The summed E-state index contributed by atoms with van der Waals surface area (Å²) in [6, 6.07) is 17.6. The van der Waals surface area contributed by atoms with Gasteiger partial charge in [0, 0.05) is 0 Å². The number of hydrogen-bond donors (Lipinski definition) is 1. The van der Waals surface area contributed by atoms with Gasteiger partial charge >= 0.3 is 5.97 Å². The van der Waals surface area contributed by atoms with Crippen molar-refractivity contribution >= 4 is 17.7 Å². The lowest BCUT2D eigenvalue weighted by Gasteiger charge is -2.18. The standard InChI is InChI=1S/C22H25NO5/c1-3-20(28-18-12-8-5-9-13-18)22(26)27-15-21(25)23-19(16(2)24)14-17-10-6-4-7-11-17/h4-13,19-20H,3,14-15H2,1-2H3,(H,23,25)/t19-,20-/m0/s1. The summed E-state index contributed by atoms with van der Waals surface area (Å²) in [6.07, 6.45) is -0.0209. The van der Waals surface area contributed by atoms with Crippen LogP contribution in [0.4, 0.5) is 0 Å². The molecule has 6 nitrogen and oxygen atoms in total. The monoisotopic (exact) mass is 383 g/mol. The molecule has 28 heavy (non-hydrogen) atoms. The predicted octanol–water partition coefficient (Wildman–Crippen LogP) is 2.70. The van der Waals surface area contributed by atoms with Crippen molar-refractivity contribution in [2.24, 2.45) is 0 Å². The van der Waals surface area contributed by atoms with Crippen LogP contribution < -0.4 is 10.1 Å². The molecular weight excluding hydrogens is 358 g/mol. The molecule has 0 saturated heterocycles. The summed E-state index contributed by atoms with van der Waals surface area (Å²) in [5.41, 5.74) is 0.933. The maximum atomic E-state index is 12.2. The molecule has 2 aromatic rings. The van der Waals surface area contributed by atoms with Crippen LogP contribution in [0.3, 0.4) is 0 Å². The van der Waals surface area contributed by atoms with Gasteiger partial charge in [0.25, 0.3) is 5.91 Å². The average Bonchev–Trinajstić information content (AvgIpc) is 2.71. The first-order chi connectivity index (χ1) is 13.5. The van der Waals surface area contributed by atoms with Gasteiger partial charge in [-0.3, -0.25) is 9.59 Å². The van der Waals surface area contributed by atoms with Gasteiger partial charge in [-0.15, -0.1) is 0 Å². The Kier molecular flexibility index (Phi) is 8.21. The Morgan fingerprint density at radius 3 is 2.14 bits per heavy atom. The average molecular weight is 383 g/mol. The third kappa shape index (κ3) is 6.87. The molecular formula is C22H25NO5. The van der Waals surface area contributed by atoms with Crippen LogP contribution in [0.5, 0.6) is 5.75 Å². The van der Waals surface area contributed by atoms with Crippen molar-refractivity contribution in [3.05, 3.63) is 66.2 Å². The minimum Gasteiger partial charge on any atom is -0.479 e. The molecule has 2 aromatic carbocycles. The Morgan fingerprint density at radius 1 is 0.964 bits per heavy atom. The van der Waals surface area contributed by atoms with Crippen molar-refractivity contribution in [1.82, 2.24) is 5.32 Å². The molecule has 0 heterocycles. The van der Waals surface area contributed by atoms with E-state index < -0.39 is 30.6 Å². The molecule has 0 bridgehead atoms. The molecule has 0 aromatic heterocycles. The van der Waals surface area contributed by atoms with Gasteiger partial charge < -0.3 is 14.8 Å². The molecule has 0 aliphatic carbocycles. The van der Waals surface area contributed by atoms with Crippen molar-refractivity contribution in [2.75, 3.05) is 6.61 Å². The van der Waals surface area contributed by atoms with Crippen molar-refractivity contribution in [3.8, 4) is 5.75 Å². The molecule has 0 saturated carbocycles. The number of carbonyl (C=O) groups is 3. The summed E-state index contributed by atoms with van der Waals surface area (Å²) in [5.74, 6) is -0.763. The molecule has 0 aliphatic heterocycles. The van der Waals surface area contributed by atoms with E-state index in [2.05, 4.69) is 5.32 Å². The molecule has 0 radical (unpaired) electrons. The van der Waals surface area contributed by atoms with Gasteiger partial charge in [0.1, 0.15) is 5.75 Å². The van der Waals surface area contributed by atoms with Crippen LogP contribution in [-0.4, -0.2) is 36.4 Å². The zero-order valence-electron chi connectivity index (χ0n) is 16.1. The lowest BCUT2D eigenvalue weighted by atomic mass is 10.0. The topological polar surface area (TPSA) is 81.7 Å². The number of ketones is 1. The van der Waals surface area contributed by atoms with Crippen LogP contribution in [-0.2, 0) is 25.5 Å². The van der Waals surface area contributed by atoms with E-state index in [1.165, 1.54) is 6.92 Å². The van der Waals surface area contributed by atoms with E-state index in [4.69, 9.17) is 9.47 Å². The number of para-hydroxylation sites is 1. The van der Waals surface area contributed by atoms with E-state index in [0.29, 0.717) is 18.6 Å². The van der Waals surface area contributed by atoms with E-state index in [9.17, 15) is 14.4 Å². The summed E-state index contributed by atoms with van der Waals surface area (Å²) >= 11 is 0. The van der Waals surface area contributed by atoms with Gasteiger partial charge in [-0.25, -0.2) is 4.79 Å². The lowest BCUT2D eigenvalue weighted by molar-refractivity contribution is -0.155. The molecule has 2 rings (SSSR count). The zero-order valence-corrected chi connectivity index (χ0v) is 16.1. The summed E-state index contributed by atoms with van der Waals surface area (Å²) in [6.45, 7) is 2.74. The molecule has 1 N–H and O–H groups in total. The lowest BCUT2D eigenvalue weighted by Crippen LogP contribution is -2.43. The Hall–Kier alpha value is -3.15. The molecule has 0 fully saturated rings. The van der Waals surface area contributed by atoms with Crippen molar-refractivity contribution in [1.29, 1.82) is 0 Å². The highest BCUT2D eigenvalue weighted by molar-refractivity contribution is 5.89. The number of esters is 1. The zero-order chi connectivity index (χ0) is 20.4. The maximum Gasteiger partial charge on any atom is 0.347 e. The smallest absolute Gasteiger partial charge is 0.347 e. The van der Waals surface area contributed by atoms with Crippen LogP contribution in [0, 0.1) is 0 Å². The van der Waals surface area contributed by atoms with Gasteiger partial charge in [0.15, 0.2) is 18.5 Å².